The number of rotatable bonds is 3. The van der Waals surface area contributed by atoms with Crippen LogP contribution in [-0.2, 0) is 4.79 Å². The van der Waals surface area contributed by atoms with Gasteiger partial charge in [-0.25, -0.2) is 0 Å². The van der Waals surface area contributed by atoms with Crippen LogP contribution in [0.15, 0.2) is 18.2 Å². The maximum Gasteiger partial charge on any atom is 0.239 e. The molecule has 3 rings (SSSR count). The summed E-state index contributed by atoms with van der Waals surface area (Å²) in [5, 5.41) is 0.782. The predicted octanol–water partition coefficient (Wildman–Crippen LogP) is 3.66. The van der Waals surface area contributed by atoms with Gasteiger partial charge in [0, 0.05) is 50.0 Å². The second-order valence-corrected chi connectivity index (χ2v) is 8.76. The largest absolute Gasteiger partial charge is 0.369 e. The van der Waals surface area contributed by atoms with Crippen molar-refractivity contribution < 1.29 is 4.79 Å². The third kappa shape index (κ3) is 4.34. The monoisotopic (exact) mass is 377 g/mol. The molecule has 1 aromatic carbocycles. The van der Waals surface area contributed by atoms with E-state index in [-0.39, 0.29) is 6.04 Å². The fourth-order valence-electron chi connectivity index (χ4n) is 4.54. The number of carbonyl (C=O) groups is 1. The van der Waals surface area contributed by atoms with Crippen molar-refractivity contribution in [2.24, 2.45) is 11.8 Å². The second kappa shape index (κ2) is 8.18. The smallest absolute Gasteiger partial charge is 0.239 e. The first kappa shape index (κ1) is 19.5. The molecule has 0 N–H and O–H groups in total. The highest BCUT2D eigenvalue weighted by molar-refractivity contribution is 6.30. The van der Waals surface area contributed by atoms with Crippen LogP contribution < -0.4 is 4.90 Å². The summed E-state index contributed by atoms with van der Waals surface area (Å²) in [4.78, 5) is 19.8. The van der Waals surface area contributed by atoms with Gasteiger partial charge < -0.3 is 9.80 Å². The number of likely N-dealkylation sites (tertiary alicyclic amines) is 1. The SMILES string of the molecule is Cc1ccc(Cl)cc1N1CCN([C@H](C)C(=O)N2C[C@@H](C)C[C@H](C)C2)CC1. The lowest BCUT2D eigenvalue weighted by molar-refractivity contribution is -0.139. The van der Waals surface area contributed by atoms with Gasteiger partial charge in [0.05, 0.1) is 6.04 Å². The third-order valence-electron chi connectivity index (χ3n) is 5.91. The molecule has 0 aromatic heterocycles. The Hall–Kier alpha value is -1.26. The summed E-state index contributed by atoms with van der Waals surface area (Å²) in [6, 6.07) is 6.04. The molecule has 2 aliphatic heterocycles. The van der Waals surface area contributed by atoms with Crippen molar-refractivity contribution in [3.8, 4) is 0 Å². The topological polar surface area (TPSA) is 26.8 Å². The maximum atomic E-state index is 13.0. The number of amides is 1. The number of halogens is 1. The Morgan fingerprint density at radius 2 is 1.73 bits per heavy atom. The van der Waals surface area contributed by atoms with Crippen molar-refractivity contribution in [2.75, 3.05) is 44.2 Å². The molecule has 5 heteroatoms. The number of nitrogens with zero attached hydrogens (tertiary/aromatic N) is 3. The van der Waals surface area contributed by atoms with Crippen LogP contribution in [0.3, 0.4) is 0 Å². The molecule has 3 atom stereocenters. The summed E-state index contributed by atoms with van der Waals surface area (Å²) in [5.74, 6) is 1.52. The van der Waals surface area contributed by atoms with Crippen molar-refractivity contribution >= 4 is 23.2 Å². The summed E-state index contributed by atoms with van der Waals surface area (Å²) in [5.41, 5.74) is 2.47. The van der Waals surface area contributed by atoms with E-state index in [1.54, 1.807) is 0 Å². The molecule has 2 fully saturated rings. The number of carbonyl (C=O) groups excluding carboxylic acids is 1. The van der Waals surface area contributed by atoms with Crippen LogP contribution in [0.2, 0.25) is 5.02 Å². The molecule has 1 amide bonds. The Morgan fingerprint density at radius 1 is 1.12 bits per heavy atom. The van der Waals surface area contributed by atoms with E-state index in [4.69, 9.17) is 11.6 Å². The number of hydrogen-bond acceptors (Lipinski definition) is 3. The summed E-state index contributed by atoms with van der Waals surface area (Å²) < 4.78 is 0. The lowest BCUT2D eigenvalue weighted by Gasteiger charge is -2.42. The van der Waals surface area contributed by atoms with Gasteiger partial charge in [-0.2, -0.15) is 0 Å². The first-order valence-electron chi connectivity index (χ1n) is 9.89. The van der Waals surface area contributed by atoms with E-state index in [2.05, 4.69) is 54.5 Å². The maximum absolute atomic E-state index is 13.0. The lowest BCUT2D eigenvalue weighted by Crippen LogP contribution is -2.56. The molecule has 2 saturated heterocycles. The molecule has 4 nitrogen and oxygen atoms in total. The normalized spacial score (nSPS) is 26.0. The van der Waals surface area contributed by atoms with Crippen LogP contribution in [0, 0.1) is 18.8 Å². The molecule has 0 bridgehead atoms. The minimum absolute atomic E-state index is 0.0323. The van der Waals surface area contributed by atoms with Gasteiger partial charge in [-0.05, 0) is 49.8 Å². The highest BCUT2D eigenvalue weighted by Gasteiger charge is 2.32. The molecule has 0 aliphatic carbocycles. The first-order chi connectivity index (χ1) is 12.3. The van der Waals surface area contributed by atoms with Gasteiger partial charge in [-0.1, -0.05) is 31.5 Å². The van der Waals surface area contributed by atoms with Crippen LogP contribution in [0.5, 0.6) is 0 Å². The van der Waals surface area contributed by atoms with E-state index >= 15 is 0 Å². The zero-order valence-electron chi connectivity index (χ0n) is 16.5. The minimum atomic E-state index is -0.0323. The lowest BCUT2D eigenvalue weighted by atomic mass is 9.91. The fraction of sp³-hybridized carbons (Fsp3) is 0.667. The zero-order valence-corrected chi connectivity index (χ0v) is 17.3. The third-order valence-corrected chi connectivity index (χ3v) is 6.15. The Morgan fingerprint density at radius 3 is 2.35 bits per heavy atom. The number of piperidine rings is 1. The van der Waals surface area contributed by atoms with E-state index in [1.165, 1.54) is 17.7 Å². The molecule has 144 valence electrons. The Labute approximate surface area is 163 Å². The van der Waals surface area contributed by atoms with Crippen LogP contribution >= 0.6 is 11.6 Å². The first-order valence-corrected chi connectivity index (χ1v) is 10.3. The van der Waals surface area contributed by atoms with E-state index in [0.29, 0.717) is 17.7 Å². The molecule has 0 saturated carbocycles. The Balaban J connectivity index is 1.58. The van der Waals surface area contributed by atoms with E-state index in [0.717, 1.165) is 44.3 Å². The van der Waals surface area contributed by atoms with Crippen molar-refractivity contribution in [3.05, 3.63) is 28.8 Å². The molecule has 26 heavy (non-hydrogen) atoms. The van der Waals surface area contributed by atoms with Crippen molar-refractivity contribution in [2.45, 2.75) is 40.2 Å². The number of benzene rings is 1. The average molecular weight is 378 g/mol. The summed E-state index contributed by atoms with van der Waals surface area (Å²) in [6.07, 6.45) is 1.23. The highest BCUT2D eigenvalue weighted by atomic mass is 35.5. The second-order valence-electron chi connectivity index (χ2n) is 8.32. The van der Waals surface area contributed by atoms with Gasteiger partial charge in [-0.3, -0.25) is 9.69 Å². The number of aryl methyl sites for hydroxylation is 1. The quantitative estimate of drug-likeness (QED) is 0.804. The molecular weight excluding hydrogens is 346 g/mol. The molecule has 0 unspecified atom stereocenters. The van der Waals surface area contributed by atoms with Crippen molar-refractivity contribution in [1.82, 2.24) is 9.80 Å². The van der Waals surface area contributed by atoms with Gasteiger partial charge in [0.2, 0.25) is 5.91 Å². The van der Waals surface area contributed by atoms with E-state index in [1.807, 2.05) is 6.07 Å². The molecule has 1 aromatic rings. The molecule has 0 radical (unpaired) electrons. The highest BCUT2D eigenvalue weighted by Crippen LogP contribution is 2.26. The van der Waals surface area contributed by atoms with Crippen molar-refractivity contribution in [3.63, 3.8) is 0 Å². The van der Waals surface area contributed by atoms with E-state index < -0.39 is 0 Å². The molecular formula is C21H32ClN3O. The molecule has 2 heterocycles. The number of piperazine rings is 1. The predicted molar refractivity (Wildman–Crippen MR) is 109 cm³/mol. The van der Waals surface area contributed by atoms with Gasteiger partial charge in [0.1, 0.15) is 0 Å². The van der Waals surface area contributed by atoms with Gasteiger partial charge in [0.25, 0.3) is 0 Å². The Kier molecular flexibility index (Phi) is 6.13. The summed E-state index contributed by atoms with van der Waals surface area (Å²) in [6.45, 7) is 14.2. The number of anilines is 1. The van der Waals surface area contributed by atoms with Crippen LogP contribution in [-0.4, -0.2) is 61.0 Å². The summed E-state index contributed by atoms with van der Waals surface area (Å²) in [7, 11) is 0. The van der Waals surface area contributed by atoms with Gasteiger partial charge in [-0.15, -0.1) is 0 Å². The van der Waals surface area contributed by atoms with Crippen LogP contribution in [0.1, 0.15) is 32.8 Å². The van der Waals surface area contributed by atoms with Crippen LogP contribution in [0.25, 0.3) is 0 Å². The Bertz CT molecular complexity index is 632. The fourth-order valence-corrected chi connectivity index (χ4v) is 4.70. The molecule has 0 spiro atoms. The van der Waals surface area contributed by atoms with E-state index in [9.17, 15) is 4.79 Å². The number of hydrogen-bond donors (Lipinski definition) is 0. The summed E-state index contributed by atoms with van der Waals surface area (Å²) >= 11 is 6.18. The standard InChI is InChI=1S/C21H32ClN3O/c1-15-11-16(2)14-25(13-15)21(26)18(4)23-7-9-24(10-8-23)20-12-19(22)6-5-17(20)3/h5-6,12,15-16,18H,7-11,13-14H2,1-4H3/t15-,16-,18+/m0/s1. The van der Waals surface area contributed by atoms with Gasteiger partial charge >= 0.3 is 0 Å². The van der Waals surface area contributed by atoms with Gasteiger partial charge in [0.15, 0.2) is 0 Å². The molecule has 2 aliphatic rings. The zero-order chi connectivity index (χ0) is 18.8. The minimum Gasteiger partial charge on any atom is -0.369 e. The van der Waals surface area contributed by atoms with Crippen LogP contribution in [0.4, 0.5) is 5.69 Å². The van der Waals surface area contributed by atoms with Crippen molar-refractivity contribution in [1.29, 1.82) is 0 Å². The average Bonchev–Trinajstić information content (AvgIpc) is 2.62.